The first-order chi connectivity index (χ1) is 6.20. The molecule has 3 nitrogen and oxygen atoms in total. The Kier molecular flexibility index (Phi) is 1.59. The second-order valence-electron chi connectivity index (χ2n) is 2.98. The molecule has 2 heterocycles. The fourth-order valence-electron chi connectivity index (χ4n) is 1.51. The van der Waals surface area contributed by atoms with Gasteiger partial charge >= 0.3 is 5.97 Å². The summed E-state index contributed by atoms with van der Waals surface area (Å²) in [6.07, 6.45) is 3.70. The second kappa shape index (κ2) is 2.62. The van der Waals surface area contributed by atoms with Crippen molar-refractivity contribution in [1.29, 1.82) is 0 Å². The predicted octanol–water partition coefficient (Wildman–Crippen LogP) is 1.95. The summed E-state index contributed by atoms with van der Waals surface area (Å²) in [7, 11) is 0. The molecule has 2 aromatic rings. The normalized spacial score (nSPS) is 10.5. The van der Waals surface area contributed by atoms with Crippen molar-refractivity contribution in [3.05, 3.63) is 41.7 Å². The van der Waals surface area contributed by atoms with Gasteiger partial charge in [0.2, 0.25) is 0 Å². The molecule has 2 aromatic heterocycles. The van der Waals surface area contributed by atoms with E-state index in [1.54, 1.807) is 12.1 Å². The molecule has 0 radical (unpaired) electrons. The van der Waals surface area contributed by atoms with Crippen LogP contribution in [0.1, 0.15) is 15.9 Å². The van der Waals surface area contributed by atoms with Crippen LogP contribution in [-0.2, 0) is 0 Å². The van der Waals surface area contributed by atoms with Gasteiger partial charge in [-0.3, -0.25) is 0 Å². The summed E-state index contributed by atoms with van der Waals surface area (Å²) in [6, 6.07) is 5.25. The molecule has 0 aromatic carbocycles. The molecule has 0 aliphatic carbocycles. The number of aryl methyl sites for hydroxylation is 1. The van der Waals surface area contributed by atoms with Gasteiger partial charge in [-0.25, -0.2) is 4.79 Å². The highest BCUT2D eigenvalue weighted by Crippen LogP contribution is 2.16. The minimum atomic E-state index is -0.882. The average molecular weight is 175 g/mol. The molecule has 0 aliphatic rings. The van der Waals surface area contributed by atoms with Gasteiger partial charge < -0.3 is 9.51 Å². The minimum absolute atomic E-state index is 0.352. The number of hydrogen-bond donors (Lipinski definition) is 1. The van der Waals surface area contributed by atoms with Gasteiger partial charge in [0.25, 0.3) is 0 Å². The smallest absolute Gasteiger partial charge is 0.337 e. The minimum Gasteiger partial charge on any atom is -0.478 e. The fourth-order valence-corrected chi connectivity index (χ4v) is 1.51. The third-order valence-electron chi connectivity index (χ3n) is 2.11. The van der Waals surface area contributed by atoms with E-state index in [0.717, 1.165) is 11.1 Å². The van der Waals surface area contributed by atoms with E-state index in [1.165, 1.54) is 0 Å². The molecule has 0 saturated heterocycles. The summed E-state index contributed by atoms with van der Waals surface area (Å²) in [4.78, 5) is 10.9. The van der Waals surface area contributed by atoms with Crippen LogP contribution >= 0.6 is 0 Å². The van der Waals surface area contributed by atoms with Crippen molar-refractivity contribution >= 4 is 11.5 Å². The third-order valence-corrected chi connectivity index (χ3v) is 2.11. The Bertz CT molecular complexity index is 471. The van der Waals surface area contributed by atoms with Crippen molar-refractivity contribution in [2.75, 3.05) is 0 Å². The molecule has 0 spiro atoms. The van der Waals surface area contributed by atoms with E-state index in [-0.39, 0.29) is 0 Å². The van der Waals surface area contributed by atoms with Gasteiger partial charge in [-0.1, -0.05) is 0 Å². The van der Waals surface area contributed by atoms with E-state index in [4.69, 9.17) is 5.11 Å². The number of pyridine rings is 1. The van der Waals surface area contributed by atoms with E-state index in [9.17, 15) is 4.79 Å². The Morgan fingerprint density at radius 3 is 2.85 bits per heavy atom. The molecule has 0 unspecified atom stereocenters. The van der Waals surface area contributed by atoms with Gasteiger partial charge in [-0.05, 0) is 30.7 Å². The first kappa shape index (κ1) is 7.86. The van der Waals surface area contributed by atoms with Crippen molar-refractivity contribution in [2.45, 2.75) is 6.92 Å². The molecule has 0 amide bonds. The number of carboxylic acids is 1. The number of hydrogen-bond acceptors (Lipinski definition) is 1. The summed E-state index contributed by atoms with van der Waals surface area (Å²) in [6.45, 7) is 1.90. The Hall–Kier alpha value is -1.77. The van der Waals surface area contributed by atoms with Crippen LogP contribution in [-0.4, -0.2) is 15.5 Å². The van der Waals surface area contributed by atoms with Gasteiger partial charge in [0.1, 0.15) is 0 Å². The van der Waals surface area contributed by atoms with Crippen molar-refractivity contribution in [1.82, 2.24) is 4.40 Å². The molecule has 0 bridgehead atoms. The SMILES string of the molecule is Cc1ccn2cccc(C(=O)O)c12. The lowest BCUT2D eigenvalue weighted by Gasteiger charge is -2.00. The monoisotopic (exact) mass is 175 g/mol. The second-order valence-corrected chi connectivity index (χ2v) is 2.98. The van der Waals surface area contributed by atoms with Crippen LogP contribution in [0.2, 0.25) is 0 Å². The van der Waals surface area contributed by atoms with Crippen LogP contribution in [0.4, 0.5) is 0 Å². The Morgan fingerprint density at radius 1 is 1.38 bits per heavy atom. The molecular formula is C10H9NO2. The first-order valence-electron chi connectivity index (χ1n) is 4.00. The molecule has 66 valence electrons. The maximum atomic E-state index is 10.9. The number of rotatable bonds is 1. The highest BCUT2D eigenvalue weighted by atomic mass is 16.4. The summed E-state index contributed by atoms with van der Waals surface area (Å²) in [5.74, 6) is -0.882. The van der Waals surface area contributed by atoms with Gasteiger partial charge in [-0.15, -0.1) is 0 Å². The maximum absolute atomic E-state index is 10.9. The molecule has 2 rings (SSSR count). The van der Waals surface area contributed by atoms with E-state index in [0.29, 0.717) is 5.56 Å². The van der Waals surface area contributed by atoms with E-state index < -0.39 is 5.97 Å². The molecule has 0 atom stereocenters. The lowest BCUT2D eigenvalue weighted by molar-refractivity contribution is 0.0698. The molecule has 1 N–H and O–H groups in total. The summed E-state index contributed by atoms with van der Waals surface area (Å²) < 4.78 is 1.82. The van der Waals surface area contributed by atoms with Crippen molar-refractivity contribution in [3.8, 4) is 0 Å². The number of fused-ring (bicyclic) bond motifs is 1. The van der Waals surface area contributed by atoms with E-state index in [1.807, 2.05) is 29.8 Å². The molecular weight excluding hydrogens is 166 g/mol. The van der Waals surface area contributed by atoms with Gasteiger partial charge in [0, 0.05) is 12.4 Å². The van der Waals surface area contributed by atoms with Crippen LogP contribution in [0.3, 0.4) is 0 Å². The highest BCUT2D eigenvalue weighted by Gasteiger charge is 2.09. The third kappa shape index (κ3) is 1.09. The van der Waals surface area contributed by atoms with E-state index >= 15 is 0 Å². The zero-order chi connectivity index (χ0) is 9.42. The lowest BCUT2D eigenvalue weighted by Crippen LogP contribution is -1.99. The Morgan fingerprint density at radius 2 is 2.15 bits per heavy atom. The van der Waals surface area contributed by atoms with Crippen molar-refractivity contribution in [3.63, 3.8) is 0 Å². The number of aromatic carboxylic acids is 1. The molecule has 3 heteroatoms. The van der Waals surface area contributed by atoms with Gasteiger partial charge in [0.05, 0.1) is 11.1 Å². The van der Waals surface area contributed by atoms with Crippen LogP contribution in [0.15, 0.2) is 30.6 Å². The average Bonchev–Trinajstić information content (AvgIpc) is 2.48. The Balaban J connectivity index is 2.88. The summed E-state index contributed by atoms with van der Waals surface area (Å²) in [5, 5.41) is 8.91. The topological polar surface area (TPSA) is 41.7 Å². The van der Waals surface area contributed by atoms with Gasteiger partial charge in [-0.2, -0.15) is 0 Å². The maximum Gasteiger partial charge on any atom is 0.337 e. The van der Waals surface area contributed by atoms with Crippen LogP contribution in [0.5, 0.6) is 0 Å². The fraction of sp³-hybridized carbons (Fsp3) is 0.100. The molecule has 0 saturated carbocycles. The van der Waals surface area contributed by atoms with Crippen molar-refractivity contribution in [2.24, 2.45) is 0 Å². The van der Waals surface area contributed by atoms with Crippen LogP contribution in [0, 0.1) is 6.92 Å². The largest absolute Gasteiger partial charge is 0.478 e. The standard InChI is InChI=1S/C10H9NO2/c1-7-4-6-11-5-2-3-8(9(7)11)10(12)13/h2-6H,1H3,(H,12,13). The zero-order valence-electron chi connectivity index (χ0n) is 7.19. The summed E-state index contributed by atoms with van der Waals surface area (Å²) >= 11 is 0. The van der Waals surface area contributed by atoms with Gasteiger partial charge in [0.15, 0.2) is 0 Å². The molecule has 13 heavy (non-hydrogen) atoms. The molecule has 0 aliphatic heterocycles. The van der Waals surface area contributed by atoms with E-state index in [2.05, 4.69) is 0 Å². The number of nitrogens with zero attached hydrogens (tertiary/aromatic N) is 1. The number of carbonyl (C=O) groups is 1. The first-order valence-corrected chi connectivity index (χ1v) is 4.00. The van der Waals surface area contributed by atoms with Crippen LogP contribution in [0.25, 0.3) is 5.52 Å². The Labute approximate surface area is 75.2 Å². The highest BCUT2D eigenvalue weighted by molar-refractivity contribution is 5.96. The summed E-state index contributed by atoms with van der Waals surface area (Å²) in [5.41, 5.74) is 2.11. The quantitative estimate of drug-likeness (QED) is 0.719. The number of aromatic nitrogens is 1. The molecule has 0 fully saturated rings. The predicted molar refractivity (Wildman–Crippen MR) is 49.1 cm³/mol. The zero-order valence-corrected chi connectivity index (χ0v) is 7.19. The van der Waals surface area contributed by atoms with Crippen molar-refractivity contribution < 1.29 is 9.90 Å². The number of carboxylic acid groups (broad SMARTS) is 1. The van der Waals surface area contributed by atoms with Crippen LogP contribution < -0.4 is 0 Å². The lowest BCUT2D eigenvalue weighted by atomic mass is 10.2.